The lowest BCUT2D eigenvalue weighted by Gasteiger charge is -2.19. The summed E-state index contributed by atoms with van der Waals surface area (Å²) in [6, 6.07) is 0. The number of imidazole rings is 1. The smallest absolute Gasteiger partial charge is 0.221 e. The average molecular weight is 297 g/mol. The summed E-state index contributed by atoms with van der Waals surface area (Å²) in [6.07, 6.45) is 12.2. The summed E-state index contributed by atoms with van der Waals surface area (Å²) in [5, 5.41) is 0. The highest BCUT2D eigenvalue weighted by Gasteiger charge is 2.20. The number of rotatable bonds is 3. The molecule has 1 fully saturated rings. The number of hydrogen-bond acceptors (Lipinski definition) is 3. The lowest BCUT2D eigenvalue weighted by Crippen LogP contribution is -2.13. The number of nitrogens with zero attached hydrogens (tertiary/aromatic N) is 3. The van der Waals surface area contributed by atoms with E-state index in [1.165, 1.54) is 32.1 Å². The van der Waals surface area contributed by atoms with Gasteiger partial charge in [-0.1, -0.05) is 19.3 Å². The fourth-order valence-electron chi connectivity index (χ4n) is 3.53. The quantitative estimate of drug-likeness (QED) is 0.777. The normalized spacial score (nSPS) is 16.5. The summed E-state index contributed by atoms with van der Waals surface area (Å²) < 4.78 is 2.04. The molecule has 3 heterocycles. The molecule has 114 valence electrons. The monoisotopic (exact) mass is 297 g/mol. The molecule has 22 heavy (non-hydrogen) atoms. The molecule has 6 nitrogen and oxygen atoms in total. The summed E-state index contributed by atoms with van der Waals surface area (Å²) in [5.41, 5.74) is 9.85. The minimum atomic E-state index is -0.342. The number of carbonyl (C=O) groups is 1. The largest absolute Gasteiger partial charge is 0.369 e. The van der Waals surface area contributed by atoms with E-state index < -0.39 is 0 Å². The van der Waals surface area contributed by atoms with Crippen LogP contribution < -0.4 is 5.73 Å². The number of amides is 1. The molecule has 6 heteroatoms. The molecular formula is C16H19N5O. The second-order valence-electron chi connectivity index (χ2n) is 6.14. The first-order chi connectivity index (χ1) is 10.7. The van der Waals surface area contributed by atoms with Crippen LogP contribution in [0.3, 0.4) is 0 Å². The number of fused-ring (bicyclic) bond motifs is 3. The van der Waals surface area contributed by atoms with E-state index in [1.54, 1.807) is 6.20 Å². The lowest BCUT2D eigenvalue weighted by molar-refractivity contribution is -0.117. The topological polar surface area (TPSA) is 89.1 Å². The lowest BCUT2D eigenvalue weighted by atomic mass is 9.87. The van der Waals surface area contributed by atoms with Crippen LogP contribution in [0.1, 0.15) is 49.3 Å². The van der Waals surface area contributed by atoms with Crippen LogP contribution in [0, 0.1) is 0 Å². The van der Waals surface area contributed by atoms with Gasteiger partial charge < -0.3 is 10.7 Å². The van der Waals surface area contributed by atoms with Crippen LogP contribution in [0.25, 0.3) is 16.8 Å². The van der Waals surface area contributed by atoms with Gasteiger partial charge in [0.2, 0.25) is 5.91 Å². The number of nitrogens with two attached hydrogens (primary N) is 1. The van der Waals surface area contributed by atoms with Crippen molar-refractivity contribution in [2.75, 3.05) is 0 Å². The zero-order chi connectivity index (χ0) is 15.1. The molecule has 3 aromatic rings. The Morgan fingerprint density at radius 1 is 1.36 bits per heavy atom. The molecule has 3 N–H and O–H groups in total. The highest BCUT2D eigenvalue weighted by atomic mass is 16.1. The van der Waals surface area contributed by atoms with Gasteiger partial charge >= 0.3 is 0 Å². The van der Waals surface area contributed by atoms with E-state index in [4.69, 9.17) is 10.7 Å². The van der Waals surface area contributed by atoms with E-state index in [9.17, 15) is 4.79 Å². The molecule has 1 aliphatic carbocycles. The maximum Gasteiger partial charge on any atom is 0.221 e. The van der Waals surface area contributed by atoms with Crippen molar-refractivity contribution in [1.29, 1.82) is 0 Å². The summed E-state index contributed by atoms with van der Waals surface area (Å²) >= 11 is 0. The van der Waals surface area contributed by atoms with E-state index in [0.717, 1.165) is 28.1 Å². The minimum absolute atomic E-state index is 0.206. The Morgan fingerprint density at radius 2 is 2.18 bits per heavy atom. The number of nitrogens with one attached hydrogen (secondary N) is 1. The van der Waals surface area contributed by atoms with Gasteiger partial charge in [0.1, 0.15) is 0 Å². The molecule has 1 amide bonds. The second kappa shape index (κ2) is 5.12. The summed E-state index contributed by atoms with van der Waals surface area (Å²) in [6.45, 7) is 0. The van der Waals surface area contributed by atoms with Crippen LogP contribution in [0.15, 0.2) is 18.6 Å². The fourth-order valence-corrected chi connectivity index (χ4v) is 3.53. The van der Waals surface area contributed by atoms with Crippen LogP contribution in [-0.2, 0) is 11.2 Å². The van der Waals surface area contributed by atoms with Crippen molar-refractivity contribution in [3.05, 3.63) is 29.8 Å². The third kappa shape index (κ3) is 2.15. The van der Waals surface area contributed by atoms with Gasteiger partial charge in [0.25, 0.3) is 0 Å². The number of carbonyl (C=O) groups excluding carboxylic acids is 1. The summed E-state index contributed by atoms with van der Waals surface area (Å²) in [7, 11) is 0. The van der Waals surface area contributed by atoms with Crippen LogP contribution in [-0.4, -0.2) is 25.3 Å². The molecule has 0 unspecified atom stereocenters. The molecule has 0 saturated heterocycles. The molecule has 0 bridgehead atoms. The van der Waals surface area contributed by atoms with Gasteiger partial charge in [0.05, 0.1) is 23.8 Å². The molecular weight excluding hydrogens is 278 g/mol. The van der Waals surface area contributed by atoms with Crippen molar-refractivity contribution < 1.29 is 4.79 Å². The predicted molar refractivity (Wildman–Crippen MR) is 83.6 cm³/mol. The van der Waals surface area contributed by atoms with Crippen molar-refractivity contribution >= 4 is 22.7 Å². The Bertz CT molecular complexity index is 841. The van der Waals surface area contributed by atoms with Gasteiger partial charge in [0, 0.05) is 23.9 Å². The zero-order valence-electron chi connectivity index (χ0n) is 12.4. The van der Waals surface area contributed by atoms with Crippen molar-refractivity contribution in [1.82, 2.24) is 19.4 Å². The van der Waals surface area contributed by atoms with Gasteiger partial charge in [-0.2, -0.15) is 0 Å². The Balaban J connectivity index is 1.85. The Morgan fingerprint density at radius 3 is 2.95 bits per heavy atom. The van der Waals surface area contributed by atoms with Gasteiger partial charge in [-0.15, -0.1) is 0 Å². The third-order valence-electron chi connectivity index (χ3n) is 4.60. The molecule has 0 aromatic carbocycles. The SMILES string of the molecule is NC(=O)Cc1c[nH]c2ncc3nc(C4CCCCC4)cn3c12. The number of H-pyrrole nitrogens is 1. The van der Waals surface area contributed by atoms with Crippen molar-refractivity contribution in [2.24, 2.45) is 5.73 Å². The minimum Gasteiger partial charge on any atom is -0.369 e. The zero-order valence-corrected chi connectivity index (χ0v) is 12.4. The van der Waals surface area contributed by atoms with Crippen LogP contribution in [0.2, 0.25) is 0 Å². The predicted octanol–water partition coefficient (Wildman–Crippen LogP) is 2.29. The van der Waals surface area contributed by atoms with Crippen molar-refractivity contribution in [2.45, 2.75) is 44.4 Å². The molecule has 0 aliphatic heterocycles. The first kappa shape index (κ1) is 13.3. The van der Waals surface area contributed by atoms with Gasteiger partial charge in [-0.3, -0.25) is 9.20 Å². The Kier molecular flexibility index (Phi) is 3.10. The molecule has 1 saturated carbocycles. The number of hydrogen-bond donors (Lipinski definition) is 2. The van der Waals surface area contributed by atoms with Gasteiger partial charge in [-0.05, 0) is 12.8 Å². The maximum atomic E-state index is 11.3. The van der Waals surface area contributed by atoms with E-state index >= 15 is 0 Å². The highest BCUT2D eigenvalue weighted by molar-refractivity contribution is 5.85. The van der Waals surface area contributed by atoms with E-state index in [2.05, 4.69) is 16.2 Å². The summed E-state index contributed by atoms with van der Waals surface area (Å²) in [5.74, 6) is 0.202. The summed E-state index contributed by atoms with van der Waals surface area (Å²) in [4.78, 5) is 23.5. The van der Waals surface area contributed by atoms with E-state index in [-0.39, 0.29) is 12.3 Å². The van der Waals surface area contributed by atoms with Crippen molar-refractivity contribution in [3.63, 3.8) is 0 Å². The number of primary amides is 1. The molecule has 0 radical (unpaired) electrons. The Hall–Kier alpha value is -2.37. The molecule has 0 atom stereocenters. The first-order valence-corrected chi connectivity index (χ1v) is 7.84. The average Bonchev–Trinajstić information content (AvgIpc) is 3.11. The van der Waals surface area contributed by atoms with Gasteiger partial charge in [0.15, 0.2) is 11.3 Å². The van der Waals surface area contributed by atoms with Crippen molar-refractivity contribution in [3.8, 4) is 0 Å². The third-order valence-corrected chi connectivity index (χ3v) is 4.60. The fraction of sp³-hybridized carbons (Fsp3) is 0.438. The number of aromatic amines is 1. The highest BCUT2D eigenvalue weighted by Crippen LogP contribution is 2.32. The maximum absolute atomic E-state index is 11.3. The molecule has 3 aromatic heterocycles. The standard InChI is InChI=1S/C16H19N5O/c17-13(22)6-11-7-18-16-15(11)21-9-12(20-14(21)8-19-16)10-4-2-1-3-5-10/h7-10,18H,1-6H2,(H2,17,22). The Labute approximate surface area is 127 Å². The molecule has 4 rings (SSSR count). The van der Waals surface area contributed by atoms with E-state index in [1.807, 2.05) is 10.6 Å². The molecule has 1 aliphatic rings. The van der Waals surface area contributed by atoms with Crippen LogP contribution in [0.5, 0.6) is 0 Å². The second-order valence-corrected chi connectivity index (χ2v) is 6.14. The van der Waals surface area contributed by atoms with Crippen LogP contribution in [0.4, 0.5) is 0 Å². The van der Waals surface area contributed by atoms with Gasteiger partial charge in [-0.25, -0.2) is 9.97 Å². The first-order valence-electron chi connectivity index (χ1n) is 7.84. The van der Waals surface area contributed by atoms with E-state index in [0.29, 0.717) is 5.92 Å². The van der Waals surface area contributed by atoms with Crippen LogP contribution >= 0.6 is 0 Å². The number of aromatic nitrogens is 4. The molecule has 0 spiro atoms.